The van der Waals surface area contributed by atoms with Crippen molar-refractivity contribution in [3.05, 3.63) is 58.8 Å². The Kier molecular flexibility index (Phi) is 5.68. The van der Waals surface area contributed by atoms with Gasteiger partial charge in [-0.2, -0.15) is 10.2 Å². The maximum Gasteiger partial charge on any atom is 0.306 e. The fraction of sp³-hybridized carbons (Fsp3) is 0.357. The molecular formula is C28H28N4O3. The molecule has 0 radical (unpaired) electrons. The van der Waals surface area contributed by atoms with Gasteiger partial charge in [0.1, 0.15) is 0 Å². The molecule has 0 bridgehead atoms. The van der Waals surface area contributed by atoms with Crippen molar-refractivity contribution in [3.63, 3.8) is 0 Å². The highest BCUT2D eigenvalue weighted by Gasteiger charge is 2.29. The summed E-state index contributed by atoms with van der Waals surface area (Å²) in [7, 11) is 0. The number of H-pyrrole nitrogens is 1. The number of aryl methyl sites for hydroxylation is 1. The van der Waals surface area contributed by atoms with E-state index in [0.717, 1.165) is 46.1 Å². The average Bonchev–Trinajstić information content (AvgIpc) is 3.54. The molecule has 7 heteroatoms. The van der Waals surface area contributed by atoms with Crippen molar-refractivity contribution in [2.24, 2.45) is 0 Å². The van der Waals surface area contributed by atoms with Gasteiger partial charge >= 0.3 is 5.97 Å². The highest BCUT2D eigenvalue weighted by molar-refractivity contribution is 5.89. The first-order valence-corrected chi connectivity index (χ1v) is 12.0. The van der Waals surface area contributed by atoms with Crippen molar-refractivity contribution in [2.45, 2.75) is 58.3 Å². The normalized spacial score (nSPS) is 15.2. The minimum Gasteiger partial charge on any atom is -0.466 e. The van der Waals surface area contributed by atoms with Gasteiger partial charge in [-0.3, -0.25) is 4.79 Å². The van der Waals surface area contributed by atoms with Crippen LogP contribution in [0.15, 0.2) is 40.9 Å². The molecule has 0 aliphatic heterocycles. The van der Waals surface area contributed by atoms with Crippen LogP contribution in [-0.4, -0.2) is 27.7 Å². The summed E-state index contributed by atoms with van der Waals surface area (Å²) in [6.45, 7) is 8.55. The van der Waals surface area contributed by atoms with Crippen LogP contribution in [0.5, 0.6) is 0 Å². The Bertz CT molecular complexity index is 1470. The van der Waals surface area contributed by atoms with Crippen LogP contribution in [0.25, 0.3) is 33.7 Å². The number of ether oxygens (including phenoxy) is 1. The number of nitrogens with one attached hydrogen (secondary N) is 1. The molecule has 0 spiro atoms. The molecule has 2 aromatic carbocycles. The van der Waals surface area contributed by atoms with Gasteiger partial charge in [-0.1, -0.05) is 25.9 Å². The minimum absolute atomic E-state index is 0.116. The van der Waals surface area contributed by atoms with Crippen LogP contribution in [0.3, 0.4) is 0 Å². The van der Waals surface area contributed by atoms with Gasteiger partial charge in [0.25, 0.3) is 5.89 Å². The summed E-state index contributed by atoms with van der Waals surface area (Å²) in [4.78, 5) is 20.2. The first-order chi connectivity index (χ1) is 16.8. The fourth-order valence-corrected chi connectivity index (χ4v) is 4.82. The van der Waals surface area contributed by atoms with Crippen molar-refractivity contribution in [1.82, 2.24) is 15.1 Å². The number of carbonyl (C=O) groups excluding carboxylic acids is 1. The lowest BCUT2D eigenvalue weighted by Crippen LogP contribution is -2.11. The Balaban J connectivity index is 1.47. The molecule has 1 aliphatic rings. The molecule has 35 heavy (non-hydrogen) atoms. The molecule has 0 saturated carbocycles. The van der Waals surface area contributed by atoms with Gasteiger partial charge in [0.2, 0.25) is 5.82 Å². The van der Waals surface area contributed by atoms with E-state index in [2.05, 4.69) is 48.0 Å². The molecule has 2 heterocycles. The Morgan fingerprint density at radius 3 is 2.80 bits per heavy atom. The molecule has 2 aromatic heterocycles. The molecule has 1 N–H and O–H groups in total. The number of esters is 1. The van der Waals surface area contributed by atoms with E-state index in [0.29, 0.717) is 30.3 Å². The molecule has 1 unspecified atom stereocenters. The van der Waals surface area contributed by atoms with Crippen molar-refractivity contribution < 1.29 is 14.1 Å². The maximum absolute atomic E-state index is 12.0. The van der Waals surface area contributed by atoms with Crippen LogP contribution in [0.4, 0.5) is 0 Å². The summed E-state index contributed by atoms with van der Waals surface area (Å²) in [5, 5.41) is 14.8. The minimum atomic E-state index is -0.154. The lowest BCUT2D eigenvalue weighted by molar-refractivity contribution is -0.143. The van der Waals surface area contributed by atoms with E-state index in [-0.39, 0.29) is 17.3 Å². The van der Waals surface area contributed by atoms with Crippen LogP contribution in [0.2, 0.25) is 0 Å². The third kappa shape index (κ3) is 4.32. The highest BCUT2D eigenvalue weighted by Crippen LogP contribution is 2.40. The molecular weight excluding hydrogens is 440 g/mol. The predicted octanol–water partition coefficient (Wildman–Crippen LogP) is 6.04. The summed E-state index contributed by atoms with van der Waals surface area (Å²) >= 11 is 0. The topological polar surface area (TPSA) is 105 Å². The summed E-state index contributed by atoms with van der Waals surface area (Å²) in [5.41, 5.74) is 6.48. The largest absolute Gasteiger partial charge is 0.466 e. The van der Waals surface area contributed by atoms with Gasteiger partial charge in [0.05, 0.1) is 24.7 Å². The van der Waals surface area contributed by atoms with E-state index < -0.39 is 0 Å². The zero-order valence-corrected chi connectivity index (χ0v) is 20.4. The van der Waals surface area contributed by atoms with Gasteiger partial charge in [-0.25, -0.2) is 0 Å². The van der Waals surface area contributed by atoms with Crippen LogP contribution >= 0.6 is 0 Å². The second-order valence-electron chi connectivity index (χ2n) is 10.1. The number of fused-ring (bicyclic) bond motifs is 3. The fourth-order valence-electron chi connectivity index (χ4n) is 4.82. The molecule has 0 amide bonds. The Morgan fingerprint density at radius 2 is 2.06 bits per heavy atom. The summed E-state index contributed by atoms with van der Waals surface area (Å²) < 4.78 is 10.8. The average molecular weight is 469 g/mol. The Labute approximate surface area is 204 Å². The van der Waals surface area contributed by atoms with Crippen molar-refractivity contribution in [1.29, 1.82) is 5.26 Å². The van der Waals surface area contributed by atoms with Gasteiger partial charge in [-0.15, -0.1) is 0 Å². The zero-order chi connectivity index (χ0) is 24.7. The van der Waals surface area contributed by atoms with Gasteiger partial charge in [-0.05, 0) is 72.7 Å². The molecule has 0 fully saturated rings. The number of rotatable bonds is 5. The van der Waals surface area contributed by atoms with Gasteiger partial charge < -0.3 is 14.2 Å². The van der Waals surface area contributed by atoms with Crippen molar-refractivity contribution in [3.8, 4) is 28.9 Å². The maximum atomic E-state index is 12.0. The van der Waals surface area contributed by atoms with E-state index in [9.17, 15) is 10.1 Å². The van der Waals surface area contributed by atoms with E-state index in [1.165, 1.54) is 5.56 Å². The molecule has 178 valence electrons. The van der Waals surface area contributed by atoms with Crippen LogP contribution in [0, 0.1) is 11.3 Å². The highest BCUT2D eigenvalue weighted by atomic mass is 16.5. The van der Waals surface area contributed by atoms with Crippen molar-refractivity contribution in [2.75, 3.05) is 6.61 Å². The molecule has 5 rings (SSSR count). The van der Waals surface area contributed by atoms with Crippen LogP contribution in [-0.2, 0) is 21.4 Å². The van der Waals surface area contributed by atoms with E-state index in [1.807, 2.05) is 31.2 Å². The molecule has 1 aliphatic carbocycles. The number of nitrogens with zero attached hydrogens (tertiary/aromatic N) is 3. The summed E-state index contributed by atoms with van der Waals surface area (Å²) in [6, 6.07) is 14.0. The SMILES string of the molecule is CCOC(=O)CC1CCc2c1[nH]c1ccc(-c3noc(-c4cc(C#N)cc(C(C)(C)C)c4)n3)cc21. The molecule has 1 atom stereocenters. The van der Waals surface area contributed by atoms with E-state index >= 15 is 0 Å². The zero-order valence-electron chi connectivity index (χ0n) is 20.4. The second kappa shape index (κ2) is 8.70. The standard InChI is InChI=1S/C28H28N4O3/c1-5-34-24(33)14-17-6-8-21-22-13-18(7-9-23(22)30-25(17)21)26-31-27(35-32-26)19-10-16(15-29)11-20(12-19)28(2,3)4/h7,9-13,17,30H,5-6,8,14H2,1-4H3. The first-order valence-electron chi connectivity index (χ1n) is 12.0. The number of aromatic nitrogens is 3. The molecule has 4 aromatic rings. The lowest BCUT2D eigenvalue weighted by atomic mass is 9.85. The predicted molar refractivity (Wildman–Crippen MR) is 133 cm³/mol. The van der Waals surface area contributed by atoms with E-state index in [4.69, 9.17) is 9.26 Å². The number of nitriles is 1. The lowest BCUT2D eigenvalue weighted by Gasteiger charge is -2.19. The number of hydrogen-bond acceptors (Lipinski definition) is 6. The Morgan fingerprint density at radius 1 is 1.23 bits per heavy atom. The summed E-state index contributed by atoms with van der Waals surface area (Å²) in [5.74, 6) is 0.884. The van der Waals surface area contributed by atoms with Crippen molar-refractivity contribution >= 4 is 16.9 Å². The molecule has 0 saturated heterocycles. The second-order valence-corrected chi connectivity index (χ2v) is 10.1. The molecule has 7 nitrogen and oxygen atoms in total. The monoisotopic (exact) mass is 468 g/mol. The number of aromatic amines is 1. The van der Waals surface area contributed by atoms with Gasteiger partial charge in [0.15, 0.2) is 0 Å². The smallest absolute Gasteiger partial charge is 0.306 e. The van der Waals surface area contributed by atoms with E-state index in [1.54, 1.807) is 6.07 Å². The third-order valence-corrected chi connectivity index (χ3v) is 6.67. The Hall–Kier alpha value is -3.92. The van der Waals surface area contributed by atoms with Crippen LogP contribution in [0.1, 0.15) is 68.8 Å². The number of carbonyl (C=O) groups is 1. The third-order valence-electron chi connectivity index (χ3n) is 6.67. The summed E-state index contributed by atoms with van der Waals surface area (Å²) in [6.07, 6.45) is 2.24. The quantitative estimate of drug-likeness (QED) is 0.358. The van der Waals surface area contributed by atoms with Gasteiger partial charge in [0, 0.05) is 33.6 Å². The van der Waals surface area contributed by atoms with Crippen LogP contribution < -0.4 is 0 Å². The number of benzene rings is 2. The first kappa shape index (κ1) is 22.9. The number of hydrogen-bond donors (Lipinski definition) is 1.